The number of amides is 1. The number of carbonyl (C=O) groups is 1. The summed E-state index contributed by atoms with van der Waals surface area (Å²) in [5, 5.41) is 2.41. The minimum atomic E-state index is -4.60. The first-order valence-corrected chi connectivity index (χ1v) is 7.82. The van der Waals surface area contributed by atoms with Gasteiger partial charge >= 0.3 is 6.18 Å². The Morgan fingerprint density at radius 3 is 2.57 bits per heavy atom. The molecule has 0 fully saturated rings. The number of nitrogen functional groups attached to an aromatic ring is 1. The largest absolute Gasteiger partial charge is 0.418 e. The highest BCUT2D eigenvalue weighted by atomic mass is 32.2. The summed E-state index contributed by atoms with van der Waals surface area (Å²) >= 11 is 0. The number of anilines is 1. The third-order valence-electron chi connectivity index (χ3n) is 3.02. The number of nitrogens with two attached hydrogens (primary N) is 1. The Hall–Kier alpha value is -1.57. The van der Waals surface area contributed by atoms with Gasteiger partial charge < -0.3 is 11.1 Å². The zero-order valence-corrected chi connectivity index (χ0v) is 12.5. The van der Waals surface area contributed by atoms with Crippen molar-refractivity contribution in [2.24, 2.45) is 0 Å². The smallest absolute Gasteiger partial charge is 0.398 e. The molecule has 0 aliphatic rings. The Morgan fingerprint density at radius 1 is 1.43 bits per heavy atom. The van der Waals surface area contributed by atoms with Crippen LogP contribution < -0.4 is 11.1 Å². The van der Waals surface area contributed by atoms with E-state index < -0.39 is 34.1 Å². The highest BCUT2D eigenvalue weighted by molar-refractivity contribution is 7.84. The van der Waals surface area contributed by atoms with E-state index in [1.807, 2.05) is 0 Å². The van der Waals surface area contributed by atoms with E-state index in [1.165, 1.54) is 6.07 Å². The zero-order valence-electron chi connectivity index (χ0n) is 11.7. The Balaban J connectivity index is 2.73. The summed E-state index contributed by atoms with van der Waals surface area (Å²) in [5.41, 5.74) is 3.70. The SMILES string of the molecule is CC(CCNC(=O)c1ccc(N)c(C(F)(F)F)c1)S(C)=O. The van der Waals surface area contributed by atoms with Gasteiger partial charge in [0.25, 0.3) is 5.91 Å². The molecule has 1 aromatic rings. The lowest BCUT2D eigenvalue weighted by Gasteiger charge is -2.12. The van der Waals surface area contributed by atoms with Crippen LogP contribution in [0.4, 0.5) is 18.9 Å². The van der Waals surface area contributed by atoms with Gasteiger partial charge in [0.15, 0.2) is 0 Å². The maximum absolute atomic E-state index is 12.7. The van der Waals surface area contributed by atoms with E-state index in [0.717, 1.165) is 12.1 Å². The van der Waals surface area contributed by atoms with Crippen LogP contribution in [-0.4, -0.2) is 28.2 Å². The number of hydrogen-bond acceptors (Lipinski definition) is 3. The summed E-state index contributed by atoms with van der Waals surface area (Å²) < 4.78 is 49.2. The third-order valence-corrected chi connectivity index (χ3v) is 4.39. The van der Waals surface area contributed by atoms with Crippen molar-refractivity contribution in [1.29, 1.82) is 0 Å². The first-order chi connectivity index (χ1) is 9.62. The molecule has 0 aromatic heterocycles. The van der Waals surface area contributed by atoms with Crippen LogP contribution in [0.2, 0.25) is 0 Å². The summed E-state index contributed by atoms with van der Waals surface area (Å²) in [6.45, 7) is 2.01. The molecule has 0 saturated carbocycles. The van der Waals surface area contributed by atoms with Crippen LogP contribution in [0.25, 0.3) is 0 Å². The van der Waals surface area contributed by atoms with Gasteiger partial charge in [-0.05, 0) is 24.6 Å². The van der Waals surface area contributed by atoms with E-state index in [1.54, 1.807) is 13.2 Å². The molecule has 0 radical (unpaired) electrons. The van der Waals surface area contributed by atoms with E-state index in [4.69, 9.17) is 5.73 Å². The molecule has 8 heteroatoms. The van der Waals surface area contributed by atoms with Crippen LogP contribution in [0.1, 0.15) is 29.3 Å². The summed E-state index contributed by atoms with van der Waals surface area (Å²) in [6.07, 6.45) is -2.56. The van der Waals surface area contributed by atoms with Crippen molar-refractivity contribution in [3.05, 3.63) is 29.3 Å². The minimum absolute atomic E-state index is 0.0950. The second kappa shape index (κ2) is 6.93. The normalized spacial score (nSPS) is 14.5. The predicted octanol–water partition coefficient (Wildman–Crippen LogP) is 2.17. The Morgan fingerprint density at radius 2 is 2.05 bits per heavy atom. The van der Waals surface area contributed by atoms with Gasteiger partial charge in [0.2, 0.25) is 0 Å². The standard InChI is InChI=1S/C13H17F3N2O2S/c1-8(21(2)20)5-6-18-12(19)9-3-4-11(17)10(7-9)13(14,15)16/h3-4,7-8H,5-6,17H2,1-2H3,(H,18,19). The van der Waals surface area contributed by atoms with Crippen molar-refractivity contribution in [1.82, 2.24) is 5.32 Å². The highest BCUT2D eigenvalue weighted by Crippen LogP contribution is 2.33. The lowest BCUT2D eigenvalue weighted by Crippen LogP contribution is -2.27. The van der Waals surface area contributed by atoms with Crippen molar-refractivity contribution in [2.45, 2.75) is 24.8 Å². The number of hydrogen-bond donors (Lipinski definition) is 2. The number of rotatable bonds is 5. The number of halogens is 3. The van der Waals surface area contributed by atoms with Crippen molar-refractivity contribution in [3.8, 4) is 0 Å². The van der Waals surface area contributed by atoms with Crippen molar-refractivity contribution in [2.75, 3.05) is 18.5 Å². The fraction of sp³-hybridized carbons (Fsp3) is 0.462. The molecule has 21 heavy (non-hydrogen) atoms. The molecule has 1 rings (SSSR count). The molecule has 3 N–H and O–H groups in total. The van der Waals surface area contributed by atoms with E-state index in [0.29, 0.717) is 6.42 Å². The minimum Gasteiger partial charge on any atom is -0.398 e. The molecule has 2 unspecified atom stereocenters. The molecule has 0 heterocycles. The van der Waals surface area contributed by atoms with E-state index >= 15 is 0 Å². The van der Waals surface area contributed by atoms with E-state index in [9.17, 15) is 22.2 Å². The van der Waals surface area contributed by atoms with Gasteiger partial charge in [0.1, 0.15) is 0 Å². The molecule has 4 nitrogen and oxygen atoms in total. The first-order valence-electron chi connectivity index (χ1n) is 6.20. The summed E-state index contributed by atoms with van der Waals surface area (Å²) in [4.78, 5) is 11.8. The maximum atomic E-state index is 12.7. The first kappa shape index (κ1) is 17.5. The van der Waals surface area contributed by atoms with Gasteiger partial charge in [-0.1, -0.05) is 6.92 Å². The Bertz CT molecular complexity index is 547. The number of benzene rings is 1. The molecule has 0 aliphatic heterocycles. The van der Waals surface area contributed by atoms with Crippen LogP contribution >= 0.6 is 0 Å². The van der Waals surface area contributed by atoms with Crippen LogP contribution in [0, 0.1) is 0 Å². The average Bonchev–Trinajstić information content (AvgIpc) is 2.37. The van der Waals surface area contributed by atoms with Crippen LogP contribution in [0.15, 0.2) is 18.2 Å². The van der Waals surface area contributed by atoms with Gasteiger partial charge in [-0.2, -0.15) is 13.2 Å². The van der Waals surface area contributed by atoms with Crippen molar-refractivity contribution >= 4 is 22.4 Å². The number of alkyl halides is 3. The zero-order chi connectivity index (χ0) is 16.2. The number of carbonyl (C=O) groups excluding carboxylic acids is 1. The van der Waals surface area contributed by atoms with Gasteiger partial charge in [-0.3, -0.25) is 9.00 Å². The highest BCUT2D eigenvalue weighted by Gasteiger charge is 2.33. The summed E-state index contributed by atoms with van der Waals surface area (Å²) in [5.74, 6) is -0.616. The topological polar surface area (TPSA) is 72.2 Å². The maximum Gasteiger partial charge on any atom is 0.418 e. The van der Waals surface area contributed by atoms with Gasteiger partial charge in [-0.25, -0.2) is 0 Å². The Kier molecular flexibility index (Phi) is 5.77. The predicted molar refractivity (Wildman–Crippen MR) is 76.3 cm³/mol. The molecule has 0 spiro atoms. The van der Waals surface area contributed by atoms with Gasteiger partial charge in [0.05, 0.1) is 5.56 Å². The molecule has 0 saturated heterocycles. The second-order valence-corrected chi connectivity index (χ2v) is 6.46. The van der Waals surface area contributed by atoms with Crippen molar-refractivity contribution < 1.29 is 22.2 Å². The van der Waals surface area contributed by atoms with Crippen LogP contribution in [0.5, 0.6) is 0 Å². The number of nitrogens with one attached hydrogen (secondary N) is 1. The Labute approximate surface area is 123 Å². The fourth-order valence-corrected chi connectivity index (χ4v) is 2.05. The van der Waals surface area contributed by atoms with Crippen molar-refractivity contribution in [3.63, 3.8) is 0 Å². The second-order valence-electron chi connectivity index (χ2n) is 4.65. The van der Waals surface area contributed by atoms with Crippen LogP contribution in [0.3, 0.4) is 0 Å². The van der Waals surface area contributed by atoms with E-state index in [2.05, 4.69) is 5.32 Å². The monoisotopic (exact) mass is 322 g/mol. The van der Waals surface area contributed by atoms with Gasteiger partial charge in [-0.15, -0.1) is 0 Å². The summed E-state index contributed by atoms with van der Waals surface area (Å²) in [6, 6.07) is 3.02. The molecule has 0 bridgehead atoms. The molecule has 1 aromatic carbocycles. The lowest BCUT2D eigenvalue weighted by atomic mass is 10.1. The fourth-order valence-electron chi connectivity index (χ4n) is 1.60. The lowest BCUT2D eigenvalue weighted by molar-refractivity contribution is -0.136. The molecule has 118 valence electrons. The molecular formula is C13H17F3N2O2S. The third kappa shape index (κ3) is 5.04. The molecular weight excluding hydrogens is 305 g/mol. The molecule has 0 aliphatic carbocycles. The van der Waals surface area contributed by atoms with Crippen LogP contribution in [-0.2, 0) is 17.0 Å². The summed E-state index contributed by atoms with van der Waals surface area (Å²) in [7, 11) is -1.00. The quantitative estimate of drug-likeness (QED) is 0.816. The molecule has 2 atom stereocenters. The van der Waals surface area contributed by atoms with Gasteiger partial charge in [0, 0.05) is 40.1 Å². The average molecular weight is 322 g/mol. The van der Waals surface area contributed by atoms with E-state index in [-0.39, 0.29) is 17.4 Å². The molecule has 1 amide bonds.